The van der Waals surface area contributed by atoms with Crippen LogP contribution in [-0.4, -0.2) is 10.1 Å². The molecule has 2 rings (SSSR count). The second-order valence-corrected chi connectivity index (χ2v) is 3.42. The fourth-order valence-electron chi connectivity index (χ4n) is 0.773. The molecule has 0 saturated heterocycles. The molecule has 0 spiro atoms. The first-order valence-corrected chi connectivity index (χ1v) is 4.32. The average molecular weight is 203 g/mol. The first-order valence-electron chi connectivity index (χ1n) is 3.06. The standard InChI is InChI=1S/C6H3ClN2O2S/c7-3-1-4(12-2-3)5-8-6(10)11-9-5/h1-2H,(H,8,9,10). The summed E-state index contributed by atoms with van der Waals surface area (Å²) < 4.78 is 4.33. The van der Waals surface area contributed by atoms with E-state index in [4.69, 9.17) is 11.6 Å². The predicted molar refractivity (Wildman–Crippen MR) is 45.4 cm³/mol. The van der Waals surface area contributed by atoms with E-state index in [-0.39, 0.29) is 0 Å². The van der Waals surface area contributed by atoms with Crippen LogP contribution in [-0.2, 0) is 0 Å². The lowest BCUT2D eigenvalue weighted by atomic mass is 10.4. The van der Waals surface area contributed by atoms with Gasteiger partial charge in [-0.25, -0.2) is 4.79 Å². The largest absolute Gasteiger partial charge is 0.439 e. The van der Waals surface area contributed by atoms with E-state index in [0.29, 0.717) is 10.8 Å². The van der Waals surface area contributed by atoms with Gasteiger partial charge in [0, 0.05) is 5.38 Å². The number of aromatic amines is 1. The molecule has 0 aliphatic carbocycles. The maximum absolute atomic E-state index is 10.6. The molecular weight excluding hydrogens is 200 g/mol. The van der Waals surface area contributed by atoms with Crippen LogP contribution in [0.5, 0.6) is 0 Å². The van der Waals surface area contributed by atoms with Crippen LogP contribution in [0.2, 0.25) is 5.02 Å². The third kappa shape index (κ3) is 1.28. The zero-order chi connectivity index (χ0) is 8.55. The third-order valence-corrected chi connectivity index (χ3v) is 2.53. The highest BCUT2D eigenvalue weighted by atomic mass is 35.5. The van der Waals surface area contributed by atoms with Crippen molar-refractivity contribution in [1.29, 1.82) is 0 Å². The van der Waals surface area contributed by atoms with Crippen LogP contribution in [0, 0.1) is 0 Å². The topological polar surface area (TPSA) is 58.9 Å². The number of thiophene rings is 1. The fraction of sp³-hybridized carbons (Fsp3) is 0. The molecule has 0 fully saturated rings. The minimum absolute atomic E-state index is 0.414. The fourth-order valence-corrected chi connectivity index (χ4v) is 1.78. The summed E-state index contributed by atoms with van der Waals surface area (Å²) in [4.78, 5) is 13.8. The van der Waals surface area contributed by atoms with Gasteiger partial charge in [0.1, 0.15) is 0 Å². The van der Waals surface area contributed by atoms with Gasteiger partial charge < -0.3 is 0 Å². The van der Waals surface area contributed by atoms with E-state index in [1.54, 1.807) is 11.4 Å². The summed E-state index contributed by atoms with van der Waals surface area (Å²) in [5, 5.41) is 5.89. The van der Waals surface area contributed by atoms with Gasteiger partial charge in [0.25, 0.3) is 0 Å². The van der Waals surface area contributed by atoms with Crippen molar-refractivity contribution < 1.29 is 4.52 Å². The lowest BCUT2D eigenvalue weighted by molar-refractivity contribution is 0.388. The summed E-state index contributed by atoms with van der Waals surface area (Å²) in [7, 11) is 0. The molecule has 62 valence electrons. The van der Waals surface area contributed by atoms with Crippen LogP contribution in [0.15, 0.2) is 20.8 Å². The first-order chi connectivity index (χ1) is 5.75. The molecular formula is C6H3ClN2O2S. The average Bonchev–Trinajstić information content (AvgIpc) is 2.58. The molecule has 0 unspecified atom stereocenters. The molecule has 4 nitrogen and oxygen atoms in total. The van der Waals surface area contributed by atoms with Gasteiger partial charge in [-0.2, -0.15) is 0 Å². The van der Waals surface area contributed by atoms with E-state index in [2.05, 4.69) is 14.7 Å². The Morgan fingerprint density at radius 3 is 3.00 bits per heavy atom. The normalized spacial score (nSPS) is 10.4. The number of nitrogens with one attached hydrogen (secondary N) is 1. The molecule has 6 heteroatoms. The van der Waals surface area contributed by atoms with Gasteiger partial charge in [-0.3, -0.25) is 9.51 Å². The summed E-state index contributed by atoms with van der Waals surface area (Å²) in [5.74, 6) is -0.147. The SMILES string of the molecule is O=c1[nH]c(-c2cc(Cl)cs2)no1. The summed E-state index contributed by atoms with van der Waals surface area (Å²) in [6, 6.07) is 1.71. The maximum Gasteiger partial charge on any atom is 0.439 e. The van der Waals surface area contributed by atoms with E-state index in [0.717, 1.165) is 4.88 Å². The van der Waals surface area contributed by atoms with Crippen molar-refractivity contribution >= 4 is 22.9 Å². The van der Waals surface area contributed by atoms with Gasteiger partial charge in [0.05, 0.1) is 9.90 Å². The van der Waals surface area contributed by atoms with E-state index in [9.17, 15) is 4.79 Å². The van der Waals surface area contributed by atoms with Crippen molar-refractivity contribution in [2.45, 2.75) is 0 Å². The molecule has 0 amide bonds. The zero-order valence-corrected chi connectivity index (χ0v) is 7.28. The van der Waals surface area contributed by atoms with E-state index >= 15 is 0 Å². The minimum atomic E-state index is -0.561. The highest BCUT2D eigenvalue weighted by Gasteiger charge is 2.05. The van der Waals surface area contributed by atoms with Gasteiger partial charge in [0.2, 0.25) is 0 Å². The lowest BCUT2D eigenvalue weighted by Crippen LogP contribution is -1.94. The van der Waals surface area contributed by atoms with Crippen LogP contribution in [0.25, 0.3) is 10.7 Å². The minimum Gasteiger partial charge on any atom is -0.296 e. The Labute approximate surface area is 75.8 Å². The van der Waals surface area contributed by atoms with Gasteiger partial charge in [0.15, 0.2) is 5.82 Å². The van der Waals surface area contributed by atoms with Crippen LogP contribution in [0.3, 0.4) is 0 Å². The summed E-state index contributed by atoms with van der Waals surface area (Å²) in [6.45, 7) is 0. The van der Waals surface area contributed by atoms with Crippen molar-refractivity contribution in [2.24, 2.45) is 0 Å². The second kappa shape index (κ2) is 2.76. The Kier molecular flexibility index (Phi) is 1.74. The molecule has 0 aromatic carbocycles. The Balaban J connectivity index is 2.50. The molecule has 2 aromatic rings. The molecule has 0 saturated carbocycles. The lowest BCUT2D eigenvalue weighted by Gasteiger charge is -1.81. The molecule has 0 aliphatic rings. The Morgan fingerprint density at radius 1 is 1.67 bits per heavy atom. The van der Waals surface area contributed by atoms with Crippen molar-refractivity contribution in [3.8, 4) is 10.7 Å². The number of hydrogen-bond acceptors (Lipinski definition) is 4. The van der Waals surface area contributed by atoms with Gasteiger partial charge in [-0.1, -0.05) is 16.8 Å². The smallest absolute Gasteiger partial charge is 0.296 e. The van der Waals surface area contributed by atoms with E-state index in [1.165, 1.54) is 11.3 Å². The molecule has 1 N–H and O–H groups in total. The molecule has 0 aliphatic heterocycles. The molecule has 2 aromatic heterocycles. The molecule has 12 heavy (non-hydrogen) atoms. The highest BCUT2D eigenvalue weighted by molar-refractivity contribution is 7.14. The maximum atomic E-state index is 10.6. The summed E-state index contributed by atoms with van der Waals surface area (Å²) in [6.07, 6.45) is 0. The molecule has 0 radical (unpaired) electrons. The Morgan fingerprint density at radius 2 is 2.50 bits per heavy atom. The third-order valence-electron chi connectivity index (χ3n) is 1.24. The van der Waals surface area contributed by atoms with E-state index in [1.807, 2.05) is 0 Å². The molecule has 0 bridgehead atoms. The van der Waals surface area contributed by atoms with Gasteiger partial charge >= 0.3 is 5.76 Å². The first kappa shape index (κ1) is 7.57. The Bertz CT molecular complexity index is 444. The Hall–Kier alpha value is -1.07. The van der Waals surface area contributed by atoms with Gasteiger partial charge in [-0.05, 0) is 6.07 Å². The van der Waals surface area contributed by atoms with Crippen molar-refractivity contribution in [3.05, 3.63) is 27.0 Å². The zero-order valence-electron chi connectivity index (χ0n) is 5.70. The number of rotatable bonds is 1. The molecule has 0 atom stereocenters. The summed E-state index contributed by atoms with van der Waals surface area (Å²) >= 11 is 7.07. The quantitative estimate of drug-likeness (QED) is 0.767. The van der Waals surface area contributed by atoms with E-state index < -0.39 is 5.76 Å². The van der Waals surface area contributed by atoms with Crippen LogP contribution in [0.4, 0.5) is 0 Å². The van der Waals surface area contributed by atoms with Crippen LogP contribution < -0.4 is 5.76 Å². The molecule has 2 heterocycles. The monoisotopic (exact) mass is 202 g/mol. The van der Waals surface area contributed by atoms with Gasteiger partial charge in [-0.15, -0.1) is 11.3 Å². The number of nitrogens with zero attached hydrogens (tertiary/aromatic N) is 1. The number of aromatic nitrogens is 2. The van der Waals surface area contributed by atoms with Crippen LogP contribution in [0.1, 0.15) is 0 Å². The number of halogens is 1. The number of H-pyrrole nitrogens is 1. The summed E-state index contributed by atoms with van der Waals surface area (Å²) in [5.41, 5.74) is 0. The second-order valence-electron chi connectivity index (χ2n) is 2.07. The van der Waals surface area contributed by atoms with Crippen molar-refractivity contribution in [2.75, 3.05) is 0 Å². The van der Waals surface area contributed by atoms with Crippen LogP contribution >= 0.6 is 22.9 Å². The van der Waals surface area contributed by atoms with Crippen molar-refractivity contribution in [1.82, 2.24) is 10.1 Å². The predicted octanol–water partition coefficient (Wildman–Crippen LogP) is 1.74. The van der Waals surface area contributed by atoms with Crippen molar-refractivity contribution in [3.63, 3.8) is 0 Å². The highest BCUT2D eigenvalue weighted by Crippen LogP contribution is 2.26. The number of hydrogen-bond donors (Lipinski definition) is 1.